The zero-order chi connectivity index (χ0) is 15.0. The summed E-state index contributed by atoms with van der Waals surface area (Å²) in [6.45, 7) is 0. The van der Waals surface area contributed by atoms with E-state index in [2.05, 4.69) is 15.0 Å². The first-order valence-corrected chi connectivity index (χ1v) is 6.01. The predicted molar refractivity (Wildman–Crippen MR) is 72.2 cm³/mol. The Balaban J connectivity index is 2.26. The minimum absolute atomic E-state index is 0.0964. The third-order valence-corrected chi connectivity index (χ3v) is 2.94. The molecular formula is C14H9F3N4. The van der Waals surface area contributed by atoms with Crippen molar-refractivity contribution < 1.29 is 13.2 Å². The average Bonchev–Trinajstić information content (AvgIpc) is 2.45. The Morgan fingerprint density at radius 2 is 1.76 bits per heavy atom. The molecule has 0 aliphatic heterocycles. The molecule has 21 heavy (non-hydrogen) atoms. The van der Waals surface area contributed by atoms with Crippen molar-refractivity contribution in [2.45, 2.75) is 6.18 Å². The Morgan fingerprint density at radius 3 is 2.52 bits per heavy atom. The molecule has 2 heterocycles. The number of nitrogens with two attached hydrogens (primary N) is 1. The minimum Gasteiger partial charge on any atom is -0.368 e. The van der Waals surface area contributed by atoms with Crippen LogP contribution in [-0.4, -0.2) is 15.0 Å². The summed E-state index contributed by atoms with van der Waals surface area (Å²) in [6, 6.07) is 9.64. The van der Waals surface area contributed by atoms with Crippen LogP contribution in [0, 0.1) is 0 Å². The smallest absolute Gasteiger partial charge is 0.368 e. The van der Waals surface area contributed by atoms with Crippen LogP contribution in [0.25, 0.3) is 22.2 Å². The highest BCUT2D eigenvalue weighted by molar-refractivity contribution is 5.92. The molecule has 1 aromatic carbocycles. The van der Waals surface area contributed by atoms with Crippen molar-refractivity contribution in [1.29, 1.82) is 0 Å². The fourth-order valence-electron chi connectivity index (χ4n) is 2.06. The molecule has 2 N–H and O–H groups in total. The number of anilines is 1. The molecule has 3 aromatic rings. The molecule has 0 unspecified atom stereocenters. The normalized spacial score (nSPS) is 11.8. The lowest BCUT2D eigenvalue weighted by molar-refractivity contribution is -0.141. The molecule has 0 spiro atoms. The van der Waals surface area contributed by atoms with E-state index in [4.69, 9.17) is 5.73 Å². The monoisotopic (exact) mass is 290 g/mol. The van der Waals surface area contributed by atoms with Crippen molar-refractivity contribution >= 4 is 16.9 Å². The van der Waals surface area contributed by atoms with Crippen LogP contribution < -0.4 is 5.73 Å². The van der Waals surface area contributed by atoms with E-state index in [0.29, 0.717) is 11.1 Å². The van der Waals surface area contributed by atoms with Crippen molar-refractivity contribution in [2.24, 2.45) is 0 Å². The number of nitrogens with zero attached hydrogens (tertiary/aromatic N) is 3. The summed E-state index contributed by atoms with van der Waals surface area (Å²) >= 11 is 0. The molecule has 0 amide bonds. The van der Waals surface area contributed by atoms with Crippen LogP contribution in [0.1, 0.15) is 5.69 Å². The summed E-state index contributed by atoms with van der Waals surface area (Å²) in [6.07, 6.45) is -3.01. The molecule has 0 bridgehead atoms. The second kappa shape index (κ2) is 4.69. The molecule has 0 aliphatic rings. The molecule has 0 saturated carbocycles. The van der Waals surface area contributed by atoms with E-state index in [1.165, 1.54) is 0 Å². The maximum Gasteiger partial charge on any atom is 0.433 e. The second-order valence-electron chi connectivity index (χ2n) is 4.38. The number of para-hydroxylation sites is 1. The number of fused-ring (bicyclic) bond motifs is 1. The fourth-order valence-corrected chi connectivity index (χ4v) is 2.06. The number of hydrogen-bond donors (Lipinski definition) is 1. The molecule has 3 rings (SSSR count). The lowest BCUT2D eigenvalue weighted by Crippen LogP contribution is -2.11. The van der Waals surface area contributed by atoms with Gasteiger partial charge in [0.05, 0.1) is 11.2 Å². The fraction of sp³-hybridized carbons (Fsp3) is 0.0714. The number of rotatable bonds is 1. The van der Waals surface area contributed by atoms with Gasteiger partial charge in [0, 0.05) is 17.1 Å². The van der Waals surface area contributed by atoms with Gasteiger partial charge in [0.15, 0.2) is 5.69 Å². The van der Waals surface area contributed by atoms with Crippen molar-refractivity contribution in [3.63, 3.8) is 0 Å². The summed E-state index contributed by atoms with van der Waals surface area (Å²) < 4.78 is 38.4. The highest BCUT2D eigenvalue weighted by atomic mass is 19.4. The standard InChI is InChI=1S/C14H9F3N4/c15-14(16,17)11-7-10(20-13(18)21-11)9-5-1-3-8-4-2-6-19-12(8)9/h1-7H,(H2,18,20,21). The van der Waals surface area contributed by atoms with Crippen molar-refractivity contribution in [3.8, 4) is 11.3 Å². The van der Waals surface area contributed by atoms with E-state index in [1.807, 2.05) is 12.1 Å². The van der Waals surface area contributed by atoms with Gasteiger partial charge in [-0.25, -0.2) is 9.97 Å². The molecular weight excluding hydrogens is 281 g/mol. The van der Waals surface area contributed by atoms with E-state index >= 15 is 0 Å². The summed E-state index contributed by atoms with van der Waals surface area (Å²) in [5.74, 6) is -0.423. The minimum atomic E-state index is -4.58. The van der Waals surface area contributed by atoms with E-state index < -0.39 is 17.8 Å². The maximum absolute atomic E-state index is 12.8. The first-order chi connectivity index (χ1) is 9.95. The van der Waals surface area contributed by atoms with E-state index in [0.717, 1.165) is 11.5 Å². The van der Waals surface area contributed by atoms with Gasteiger partial charge in [0.25, 0.3) is 0 Å². The van der Waals surface area contributed by atoms with Gasteiger partial charge in [0.2, 0.25) is 5.95 Å². The maximum atomic E-state index is 12.8. The summed E-state index contributed by atoms with van der Waals surface area (Å²) in [7, 11) is 0. The number of benzene rings is 1. The number of hydrogen-bond acceptors (Lipinski definition) is 4. The Bertz CT molecular complexity index is 809. The predicted octanol–water partition coefficient (Wildman–Crippen LogP) is 3.29. The molecule has 2 aromatic heterocycles. The van der Waals surface area contributed by atoms with Crippen molar-refractivity contribution in [2.75, 3.05) is 5.73 Å². The number of nitrogen functional groups attached to an aromatic ring is 1. The Kier molecular flexibility index (Phi) is 2.97. The number of alkyl halides is 3. The lowest BCUT2D eigenvalue weighted by Gasteiger charge is -2.10. The lowest BCUT2D eigenvalue weighted by atomic mass is 10.1. The van der Waals surface area contributed by atoms with Crippen molar-refractivity contribution in [3.05, 3.63) is 48.3 Å². The molecule has 7 heteroatoms. The zero-order valence-electron chi connectivity index (χ0n) is 10.6. The Labute approximate surface area is 117 Å². The van der Waals surface area contributed by atoms with E-state index in [-0.39, 0.29) is 5.69 Å². The quantitative estimate of drug-likeness (QED) is 0.747. The van der Waals surface area contributed by atoms with Gasteiger partial charge < -0.3 is 5.73 Å². The summed E-state index contributed by atoms with van der Waals surface area (Å²) in [5.41, 5.74) is 5.46. The molecule has 4 nitrogen and oxygen atoms in total. The van der Waals surface area contributed by atoms with Gasteiger partial charge in [-0.15, -0.1) is 0 Å². The van der Waals surface area contributed by atoms with E-state index in [1.54, 1.807) is 24.4 Å². The first-order valence-electron chi connectivity index (χ1n) is 6.01. The van der Waals surface area contributed by atoms with Crippen LogP contribution in [0.15, 0.2) is 42.6 Å². The SMILES string of the molecule is Nc1nc(-c2cccc3cccnc23)cc(C(F)(F)F)n1. The Hall–Kier alpha value is -2.70. The molecule has 0 fully saturated rings. The van der Waals surface area contributed by atoms with Crippen LogP contribution in [0.5, 0.6) is 0 Å². The van der Waals surface area contributed by atoms with Crippen LogP contribution in [0.2, 0.25) is 0 Å². The highest BCUT2D eigenvalue weighted by Gasteiger charge is 2.33. The van der Waals surface area contributed by atoms with Crippen molar-refractivity contribution in [1.82, 2.24) is 15.0 Å². The molecule has 0 aliphatic carbocycles. The van der Waals surface area contributed by atoms with Gasteiger partial charge in [-0.1, -0.05) is 24.3 Å². The third-order valence-electron chi connectivity index (χ3n) is 2.94. The van der Waals surface area contributed by atoms with Gasteiger partial charge in [-0.05, 0) is 12.1 Å². The number of aromatic nitrogens is 3. The highest BCUT2D eigenvalue weighted by Crippen LogP contribution is 2.32. The second-order valence-corrected chi connectivity index (χ2v) is 4.38. The zero-order valence-corrected chi connectivity index (χ0v) is 10.6. The third kappa shape index (κ3) is 2.49. The van der Waals surface area contributed by atoms with Crippen LogP contribution in [0.3, 0.4) is 0 Å². The van der Waals surface area contributed by atoms with E-state index in [9.17, 15) is 13.2 Å². The number of pyridine rings is 1. The number of halogens is 3. The molecule has 106 valence electrons. The Morgan fingerprint density at radius 1 is 1.00 bits per heavy atom. The average molecular weight is 290 g/mol. The van der Waals surface area contributed by atoms with Gasteiger partial charge in [-0.3, -0.25) is 4.98 Å². The van der Waals surface area contributed by atoms with Gasteiger partial charge in [-0.2, -0.15) is 13.2 Å². The molecule has 0 atom stereocenters. The van der Waals surface area contributed by atoms with Crippen LogP contribution >= 0.6 is 0 Å². The van der Waals surface area contributed by atoms with Crippen LogP contribution in [0.4, 0.5) is 19.1 Å². The first kappa shape index (κ1) is 13.3. The van der Waals surface area contributed by atoms with Crippen LogP contribution in [-0.2, 0) is 6.18 Å². The topological polar surface area (TPSA) is 64.7 Å². The molecule has 0 saturated heterocycles. The largest absolute Gasteiger partial charge is 0.433 e. The summed E-state index contributed by atoms with van der Waals surface area (Å²) in [5, 5.41) is 0.806. The van der Waals surface area contributed by atoms with Gasteiger partial charge >= 0.3 is 6.18 Å². The summed E-state index contributed by atoms with van der Waals surface area (Å²) in [4.78, 5) is 11.3. The molecule has 0 radical (unpaired) electrons. The van der Waals surface area contributed by atoms with Gasteiger partial charge in [0.1, 0.15) is 0 Å².